The van der Waals surface area contributed by atoms with Gasteiger partial charge in [-0.2, -0.15) is 5.26 Å². The fraction of sp³-hybridized carbons (Fsp3) is 0.208. The molecule has 1 spiro atoms. The van der Waals surface area contributed by atoms with Crippen molar-refractivity contribution in [2.75, 3.05) is 11.5 Å². The lowest BCUT2D eigenvalue weighted by molar-refractivity contribution is -0.141. The van der Waals surface area contributed by atoms with E-state index in [9.17, 15) is 14.9 Å². The summed E-state index contributed by atoms with van der Waals surface area (Å²) < 4.78 is 10.8. The second kappa shape index (κ2) is 7.65. The summed E-state index contributed by atoms with van der Waals surface area (Å²) in [6.07, 6.45) is 0. The normalized spacial score (nSPS) is 19.9. The molecule has 2 aromatic rings. The van der Waals surface area contributed by atoms with Crippen LogP contribution >= 0.6 is 0 Å². The highest BCUT2D eigenvalue weighted by atomic mass is 16.5. The predicted molar refractivity (Wildman–Crippen MR) is 113 cm³/mol. The molecule has 31 heavy (non-hydrogen) atoms. The number of para-hydroxylation sites is 1. The molecule has 0 aromatic heterocycles. The lowest BCUT2D eigenvalue weighted by atomic mass is 9.68. The van der Waals surface area contributed by atoms with Gasteiger partial charge >= 0.3 is 5.97 Å². The van der Waals surface area contributed by atoms with Gasteiger partial charge in [-0.15, -0.1) is 0 Å². The molecule has 7 nitrogen and oxygen atoms in total. The van der Waals surface area contributed by atoms with Gasteiger partial charge in [-0.3, -0.25) is 4.79 Å². The Morgan fingerprint density at radius 3 is 2.55 bits per heavy atom. The summed E-state index contributed by atoms with van der Waals surface area (Å²) in [6.45, 7) is 3.60. The maximum atomic E-state index is 14.1. The average molecular weight is 415 g/mol. The first-order valence-corrected chi connectivity index (χ1v) is 9.88. The van der Waals surface area contributed by atoms with E-state index in [0.29, 0.717) is 11.3 Å². The molecule has 0 bridgehead atoms. The molecule has 2 aliphatic heterocycles. The van der Waals surface area contributed by atoms with Gasteiger partial charge in [-0.05, 0) is 25.5 Å². The molecular weight excluding hydrogens is 394 g/mol. The molecule has 0 aliphatic carbocycles. The Labute approximate surface area is 180 Å². The van der Waals surface area contributed by atoms with Crippen molar-refractivity contribution in [3.8, 4) is 6.07 Å². The molecule has 0 saturated carbocycles. The van der Waals surface area contributed by atoms with Crippen LogP contribution < -0.4 is 10.6 Å². The van der Waals surface area contributed by atoms with Crippen LogP contribution in [0.2, 0.25) is 0 Å². The van der Waals surface area contributed by atoms with E-state index in [-0.39, 0.29) is 35.9 Å². The highest BCUT2D eigenvalue weighted by molar-refractivity contribution is 6.18. The number of benzene rings is 2. The summed E-state index contributed by atoms with van der Waals surface area (Å²) in [5.74, 6) is -1.22. The van der Waals surface area contributed by atoms with Gasteiger partial charge < -0.3 is 20.1 Å². The van der Waals surface area contributed by atoms with E-state index in [4.69, 9.17) is 15.2 Å². The summed E-state index contributed by atoms with van der Waals surface area (Å²) in [6, 6.07) is 18.6. The zero-order valence-corrected chi connectivity index (χ0v) is 17.2. The van der Waals surface area contributed by atoms with Crippen molar-refractivity contribution in [2.45, 2.75) is 25.8 Å². The van der Waals surface area contributed by atoms with Crippen molar-refractivity contribution in [1.29, 1.82) is 5.26 Å². The van der Waals surface area contributed by atoms with E-state index in [1.165, 1.54) is 0 Å². The van der Waals surface area contributed by atoms with Crippen LogP contribution in [0.5, 0.6) is 0 Å². The zero-order chi connectivity index (χ0) is 22.2. The van der Waals surface area contributed by atoms with Crippen LogP contribution in [0, 0.1) is 11.3 Å². The molecular formula is C24H21N3O4. The van der Waals surface area contributed by atoms with Crippen molar-refractivity contribution >= 4 is 17.6 Å². The molecule has 0 unspecified atom stereocenters. The molecule has 2 N–H and O–H groups in total. The number of hydrogen-bond donors (Lipinski definition) is 1. The van der Waals surface area contributed by atoms with Crippen LogP contribution in [0.1, 0.15) is 25.0 Å². The van der Waals surface area contributed by atoms with Gasteiger partial charge in [0.15, 0.2) is 5.41 Å². The van der Waals surface area contributed by atoms with Gasteiger partial charge in [-0.25, -0.2) is 4.79 Å². The smallest absolute Gasteiger partial charge is 0.339 e. The van der Waals surface area contributed by atoms with Crippen LogP contribution in [-0.4, -0.2) is 18.5 Å². The second-order valence-electron chi connectivity index (χ2n) is 7.25. The third kappa shape index (κ3) is 2.88. The quantitative estimate of drug-likeness (QED) is 0.770. The Morgan fingerprint density at radius 1 is 1.19 bits per heavy atom. The highest BCUT2D eigenvalue weighted by Gasteiger charge is 2.62. The van der Waals surface area contributed by atoms with Crippen molar-refractivity contribution in [3.63, 3.8) is 0 Å². The summed E-state index contributed by atoms with van der Waals surface area (Å²) in [7, 11) is 0. The van der Waals surface area contributed by atoms with Crippen molar-refractivity contribution in [2.24, 2.45) is 5.73 Å². The van der Waals surface area contributed by atoms with Crippen LogP contribution in [0.15, 0.2) is 77.4 Å². The maximum absolute atomic E-state index is 14.1. The number of nitrogens with zero attached hydrogens (tertiary/aromatic N) is 2. The molecule has 0 radical (unpaired) electrons. The number of carbonyl (C=O) groups is 2. The first-order valence-electron chi connectivity index (χ1n) is 9.88. The number of esters is 1. The van der Waals surface area contributed by atoms with Crippen LogP contribution in [0.4, 0.5) is 5.69 Å². The Bertz CT molecular complexity index is 1180. The van der Waals surface area contributed by atoms with Gasteiger partial charge in [0.05, 0.1) is 13.2 Å². The number of ether oxygens (including phenoxy) is 2. The van der Waals surface area contributed by atoms with Gasteiger partial charge in [0, 0.05) is 11.3 Å². The molecule has 0 saturated heterocycles. The third-order valence-corrected chi connectivity index (χ3v) is 5.55. The molecule has 0 fully saturated rings. The first kappa shape index (κ1) is 20.2. The lowest BCUT2D eigenvalue weighted by Gasteiger charge is -2.34. The molecule has 1 amide bonds. The standard InChI is InChI=1S/C24H21N3O4/c1-3-30-22(28)20-15(2)31-21(26)18(13-25)24(20)17-11-7-8-12-19(17)27(23(24)29)14-16-9-5-4-6-10-16/h4-12H,3,14,26H2,1-2H3/t24-/m0/s1. The highest BCUT2D eigenvalue weighted by Crippen LogP contribution is 2.54. The Kier molecular flexibility index (Phi) is 4.99. The van der Waals surface area contributed by atoms with Gasteiger partial charge in [0.25, 0.3) is 0 Å². The molecule has 4 rings (SSSR count). The zero-order valence-electron chi connectivity index (χ0n) is 17.2. The number of hydrogen-bond acceptors (Lipinski definition) is 6. The van der Waals surface area contributed by atoms with Crippen molar-refractivity contribution in [3.05, 3.63) is 88.5 Å². The Hall–Kier alpha value is -4.05. The minimum atomic E-state index is -1.72. The summed E-state index contributed by atoms with van der Waals surface area (Å²) in [5, 5.41) is 10.0. The first-order chi connectivity index (χ1) is 15.0. The number of amides is 1. The number of nitrogens with two attached hydrogens (primary N) is 1. The minimum Gasteiger partial charge on any atom is -0.462 e. The number of anilines is 1. The maximum Gasteiger partial charge on any atom is 0.339 e. The van der Waals surface area contributed by atoms with Gasteiger partial charge in [-0.1, -0.05) is 48.5 Å². The molecule has 2 aromatic carbocycles. The van der Waals surface area contributed by atoms with E-state index in [2.05, 4.69) is 0 Å². The summed E-state index contributed by atoms with van der Waals surface area (Å²) >= 11 is 0. The topological polar surface area (TPSA) is 106 Å². The monoisotopic (exact) mass is 415 g/mol. The number of fused-ring (bicyclic) bond motifs is 2. The summed E-state index contributed by atoms with van der Waals surface area (Å²) in [5.41, 5.74) is 6.22. The number of nitriles is 1. The fourth-order valence-electron chi connectivity index (χ4n) is 4.34. The number of allylic oxidation sites excluding steroid dienone is 1. The third-order valence-electron chi connectivity index (χ3n) is 5.55. The second-order valence-corrected chi connectivity index (χ2v) is 7.25. The van der Waals surface area contributed by atoms with Crippen LogP contribution in [0.25, 0.3) is 0 Å². The molecule has 156 valence electrons. The number of rotatable bonds is 4. The average Bonchev–Trinajstić information content (AvgIpc) is 2.98. The van der Waals surface area contributed by atoms with Crippen molar-refractivity contribution in [1.82, 2.24) is 0 Å². The Morgan fingerprint density at radius 2 is 1.87 bits per heavy atom. The Balaban J connectivity index is 2.00. The van der Waals surface area contributed by atoms with E-state index >= 15 is 0 Å². The van der Waals surface area contributed by atoms with E-state index in [1.807, 2.05) is 42.5 Å². The molecule has 2 heterocycles. The van der Waals surface area contributed by atoms with Gasteiger partial charge in [0.2, 0.25) is 11.8 Å². The van der Waals surface area contributed by atoms with Crippen molar-refractivity contribution < 1.29 is 19.1 Å². The van der Waals surface area contributed by atoms with Crippen LogP contribution in [0.3, 0.4) is 0 Å². The number of carbonyl (C=O) groups excluding carboxylic acids is 2. The predicted octanol–water partition coefficient (Wildman–Crippen LogP) is 3.03. The SMILES string of the molecule is CCOC(=O)C1=C(C)OC(N)=C(C#N)[C@]12C(=O)N(Cc1ccccc1)c1ccccc12. The fourth-order valence-corrected chi connectivity index (χ4v) is 4.34. The van der Waals surface area contributed by atoms with Crippen LogP contribution in [-0.2, 0) is 31.0 Å². The van der Waals surface area contributed by atoms with Gasteiger partial charge in [0.1, 0.15) is 23.0 Å². The summed E-state index contributed by atoms with van der Waals surface area (Å²) in [4.78, 5) is 28.7. The largest absolute Gasteiger partial charge is 0.462 e. The van der Waals surface area contributed by atoms with E-state index in [0.717, 1.165) is 5.56 Å². The molecule has 2 aliphatic rings. The van der Waals surface area contributed by atoms with E-state index in [1.54, 1.807) is 36.9 Å². The minimum absolute atomic E-state index is 0.0203. The lowest BCUT2D eigenvalue weighted by Crippen LogP contribution is -2.48. The molecule has 7 heteroatoms. The molecule has 1 atom stereocenters. The van der Waals surface area contributed by atoms with E-state index < -0.39 is 17.3 Å².